The summed E-state index contributed by atoms with van der Waals surface area (Å²) in [6.07, 6.45) is -5.52. The summed E-state index contributed by atoms with van der Waals surface area (Å²) >= 11 is 0. The molecule has 2 aliphatic rings. The summed E-state index contributed by atoms with van der Waals surface area (Å²) in [4.78, 5) is 25.3. The van der Waals surface area contributed by atoms with Gasteiger partial charge in [0, 0.05) is 35.0 Å². The number of amides is 3. The van der Waals surface area contributed by atoms with Crippen LogP contribution in [-0.4, -0.2) is 49.1 Å². The van der Waals surface area contributed by atoms with Gasteiger partial charge in [-0.15, -0.1) is 0 Å². The second kappa shape index (κ2) is 12.3. The van der Waals surface area contributed by atoms with Crippen molar-refractivity contribution in [2.75, 3.05) is 24.4 Å². The first-order valence-corrected chi connectivity index (χ1v) is 13.4. The fourth-order valence-corrected chi connectivity index (χ4v) is 5.32. The van der Waals surface area contributed by atoms with Gasteiger partial charge < -0.3 is 35.3 Å². The molecule has 0 aliphatic carbocycles. The van der Waals surface area contributed by atoms with Crippen LogP contribution in [0.5, 0.6) is 11.5 Å². The van der Waals surface area contributed by atoms with E-state index in [2.05, 4.69) is 16.0 Å². The van der Waals surface area contributed by atoms with Gasteiger partial charge in [-0.2, -0.15) is 13.2 Å². The average Bonchev–Trinajstić information content (AvgIpc) is 3.33. The number of benzene rings is 3. The van der Waals surface area contributed by atoms with Crippen LogP contribution in [0.15, 0.2) is 66.7 Å². The van der Waals surface area contributed by atoms with E-state index < -0.39 is 36.1 Å². The number of carbonyl (C=O) groups is 2. The number of methoxy groups -OCH3 is 1. The number of aliphatic hydroxyl groups excluding tert-OH is 1. The summed E-state index contributed by atoms with van der Waals surface area (Å²) in [5.74, 6) is 0.849. The van der Waals surface area contributed by atoms with E-state index in [0.29, 0.717) is 30.2 Å². The van der Waals surface area contributed by atoms with Crippen LogP contribution in [0, 0.1) is 0 Å². The maximum Gasteiger partial charge on any atom is 0.416 e. The molecule has 3 aromatic carbocycles. The molecule has 0 aromatic heterocycles. The fourth-order valence-electron chi connectivity index (χ4n) is 5.32. The van der Waals surface area contributed by atoms with Crippen LogP contribution in [-0.2, 0) is 22.3 Å². The van der Waals surface area contributed by atoms with Crippen LogP contribution in [0.1, 0.15) is 35.4 Å². The predicted molar refractivity (Wildman–Crippen MR) is 148 cm³/mol. The standard InChI is InChI=1S/C30H30F3N3O6/c1-40-24-5-3-2-4-17(24)15-34-27(38)14-21-13-23-22-12-20(10-11-25(22)42-28(23)26(16-37)41-21)36-29(39)35-19-8-6-18(7-9-19)30(31,32)33/h2-12,21,23,26,28,37H,13-16H2,1H3,(H,34,38)(H2,35,36,39)/t21-,23-,26+,28+/m0/s1. The molecule has 222 valence electrons. The van der Waals surface area contributed by atoms with Gasteiger partial charge in [-0.05, 0) is 55.0 Å². The fraction of sp³-hybridized carbons (Fsp3) is 0.333. The van der Waals surface area contributed by atoms with Gasteiger partial charge >= 0.3 is 12.2 Å². The van der Waals surface area contributed by atoms with Crippen LogP contribution in [0.25, 0.3) is 0 Å². The van der Waals surface area contributed by atoms with Gasteiger partial charge in [0.2, 0.25) is 5.91 Å². The quantitative estimate of drug-likeness (QED) is 0.294. The van der Waals surface area contributed by atoms with Crippen molar-refractivity contribution >= 4 is 23.3 Å². The first-order chi connectivity index (χ1) is 20.1. The molecule has 12 heteroatoms. The maximum atomic E-state index is 12.8. The molecule has 3 aromatic rings. The minimum atomic E-state index is -4.47. The highest BCUT2D eigenvalue weighted by molar-refractivity contribution is 5.99. The zero-order valence-electron chi connectivity index (χ0n) is 22.6. The molecular weight excluding hydrogens is 555 g/mol. The summed E-state index contributed by atoms with van der Waals surface area (Å²) in [5.41, 5.74) is 1.47. The summed E-state index contributed by atoms with van der Waals surface area (Å²) in [6.45, 7) is -0.00428. The normalized spacial score (nSPS) is 21.0. The van der Waals surface area contributed by atoms with E-state index >= 15 is 0 Å². The van der Waals surface area contributed by atoms with E-state index in [1.165, 1.54) is 12.1 Å². The predicted octanol–water partition coefficient (Wildman–Crippen LogP) is 5.06. The molecule has 3 amide bonds. The van der Waals surface area contributed by atoms with Crippen molar-refractivity contribution in [2.24, 2.45) is 0 Å². The van der Waals surface area contributed by atoms with Crippen molar-refractivity contribution in [3.8, 4) is 11.5 Å². The third-order valence-electron chi connectivity index (χ3n) is 7.31. The number of urea groups is 1. The van der Waals surface area contributed by atoms with E-state index in [-0.39, 0.29) is 30.5 Å². The van der Waals surface area contributed by atoms with E-state index in [0.717, 1.165) is 23.3 Å². The van der Waals surface area contributed by atoms with Gasteiger partial charge in [-0.3, -0.25) is 4.79 Å². The smallest absolute Gasteiger partial charge is 0.416 e. The summed E-state index contributed by atoms with van der Waals surface area (Å²) in [7, 11) is 1.57. The third kappa shape index (κ3) is 6.60. The zero-order valence-corrected chi connectivity index (χ0v) is 22.6. The van der Waals surface area contributed by atoms with Crippen molar-refractivity contribution < 1.29 is 42.1 Å². The van der Waals surface area contributed by atoms with Gasteiger partial charge in [-0.25, -0.2) is 4.79 Å². The lowest BCUT2D eigenvalue weighted by Gasteiger charge is -2.37. The van der Waals surface area contributed by atoms with E-state index in [4.69, 9.17) is 14.2 Å². The van der Waals surface area contributed by atoms with E-state index in [9.17, 15) is 27.9 Å². The third-order valence-corrected chi connectivity index (χ3v) is 7.31. The number of aliphatic hydroxyl groups is 1. The topological polar surface area (TPSA) is 118 Å². The Morgan fingerprint density at radius 3 is 2.45 bits per heavy atom. The molecule has 0 bridgehead atoms. The lowest BCUT2D eigenvalue weighted by atomic mass is 9.84. The summed E-state index contributed by atoms with van der Waals surface area (Å²) in [5, 5.41) is 18.1. The first kappa shape index (κ1) is 29.2. The number of fused-ring (bicyclic) bond motifs is 3. The molecule has 1 fully saturated rings. The Morgan fingerprint density at radius 2 is 1.74 bits per heavy atom. The number of rotatable bonds is 8. The Kier molecular flexibility index (Phi) is 8.55. The molecule has 0 spiro atoms. The number of hydrogen-bond acceptors (Lipinski definition) is 6. The Balaban J connectivity index is 1.22. The number of hydrogen-bond donors (Lipinski definition) is 4. The van der Waals surface area contributed by atoms with Gasteiger partial charge in [0.15, 0.2) is 0 Å². The number of para-hydroxylation sites is 1. The highest BCUT2D eigenvalue weighted by Gasteiger charge is 2.46. The van der Waals surface area contributed by atoms with Gasteiger partial charge in [-0.1, -0.05) is 18.2 Å². The molecule has 5 rings (SSSR count). The molecule has 1 saturated heterocycles. The molecule has 2 heterocycles. The number of alkyl halides is 3. The molecule has 0 saturated carbocycles. The number of halogens is 3. The van der Waals surface area contributed by atoms with Crippen LogP contribution >= 0.6 is 0 Å². The molecule has 2 aliphatic heterocycles. The largest absolute Gasteiger partial charge is 0.496 e. The number of carbonyl (C=O) groups excluding carboxylic acids is 2. The second-order valence-electron chi connectivity index (χ2n) is 10.1. The minimum Gasteiger partial charge on any atom is -0.496 e. The number of ether oxygens (including phenoxy) is 3. The first-order valence-electron chi connectivity index (χ1n) is 13.4. The molecular formula is C30H30F3N3O6. The molecule has 0 unspecified atom stereocenters. The van der Waals surface area contributed by atoms with Gasteiger partial charge in [0.05, 0.1) is 31.8 Å². The average molecular weight is 586 g/mol. The van der Waals surface area contributed by atoms with Crippen molar-refractivity contribution in [1.29, 1.82) is 0 Å². The monoisotopic (exact) mass is 585 g/mol. The second-order valence-corrected chi connectivity index (χ2v) is 10.1. The molecule has 42 heavy (non-hydrogen) atoms. The Hall–Kier alpha value is -4.29. The van der Waals surface area contributed by atoms with Crippen molar-refractivity contribution in [2.45, 2.75) is 49.8 Å². The minimum absolute atomic E-state index is 0.0810. The maximum absolute atomic E-state index is 12.8. The molecule has 4 atom stereocenters. The Labute approximate surface area is 240 Å². The Morgan fingerprint density at radius 1 is 1.02 bits per heavy atom. The van der Waals surface area contributed by atoms with Crippen molar-refractivity contribution in [3.63, 3.8) is 0 Å². The molecule has 4 N–H and O–H groups in total. The van der Waals surface area contributed by atoms with Crippen molar-refractivity contribution in [3.05, 3.63) is 83.4 Å². The zero-order chi connectivity index (χ0) is 29.9. The number of nitrogens with one attached hydrogen (secondary N) is 3. The molecule has 0 radical (unpaired) electrons. The SMILES string of the molecule is COc1ccccc1CNC(=O)C[C@@H]1C[C@H]2c3cc(NC(=O)Nc4ccc(C(F)(F)F)cc4)ccc3O[C@H]2[C@@H](CO)O1. The van der Waals surface area contributed by atoms with Gasteiger partial charge in [0.25, 0.3) is 0 Å². The lowest BCUT2D eigenvalue weighted by molar-refractivity contribution is -0.142. The van der Waals surface area contributed by atoms with Crippen LogP contribution in [0.3, 0.4) is 0 Å². The lowest BCUT2D eigenvalue weighted by Crippen LogP contribution is -2.47. The van der Waals surface area contributed by atoms with Gasteiger partial charge in [0.1, 0.15) is 23.7 Å². The highest BCUT2D eigenvalue weighted by atomic mass is 19.4. The summed E-state index contributed by atoms with van der Waals surface area (Å²) in [6, 6.07) is 16.0. The van der Waals surface area contributed by atoms with Crippen LogP contribution < -0.4 is 25.4 Å². The van der Waals surface area contributed by atoms with E-state index in [1.807, 2.05) is 24.3 Å². The van der Waals surface area contributed by atoms with Crippen molar-refractivity contribution in [1.82, 2.24) is 5.32 Å². The van der Waals surface area contributed by atoms with E-state index in [1.54, 1.807) is 25.3 Å². The van der Waals surface area contributed by atoms with Crippen LogP contribution in [0.2, 0.25) is 0 Å². The molecule has 9 nitrogen and oxygen atoms in total. The number of anilines is 2. The Bertz CT molecular complexity index is 1430. The highest BCUT2D eigenvalue weighted by Crippen LogP contribution is 2.47. The summed E-state index contributed by atoms with van der Waals surface area (Å²) < 4.78 is 55.8. The van der Waals surface area contributed by atoms with Crippen LogP contribution in [0.4, 0.5) is 29.3 Å².